The second-order valence-corrected chi connectivity index (χ2v) is 9.47. The van der Waals surface area contributed by atoms with Crippen LogP contribution in [-0.4, -0.2) is 52.6 Å². The van der Waals surface area contributed by atoms with Crippen LogP contribution in [0.15, 0.2) is 24.3 Å². The van der Waals surface area contributed by atoms with Gasteiger partial charge in [0, 0.05) is 27.3 Å². The van der Waals surface area contributed by atoms with Crippen molar-refractivity contribution < 1.29 is 18.0 Å². The summed E-state index contributed by atoms with van der Waals surface area (Å²) in [5.74, 6) is 0. The molecule has 1 aliphatic rings. The van der Waals surface area contributed by atoms with Crippen molar-refractivity contribution in [3.8, 4) is 0 Å². The molecule has 1 aromatic rings. The highest BCUT2D eigenvalue weighted by Crippen LogP contribution is 2.34. The van der Waals surface area contributed by atoms with E-state index in [2.05, 4.69) is 37.6 Å². The molecule has 0 spiro atoms. The lowest BCUT2D eigenvalue weighted by Crippen LogP contribution is -2.39. The number of methoxy groups -OCH3 is 1. The smallest absolute Gasteiger partial charge is 0.218 e. The Morgan fingerprint density at radius 3 is 2.48 bits per heavy atom. The molecule has 0 bridgehead atoms. The van der Waals surface area contributed by atoms with Crippen LogP contribution in [0.25, 0.3) is 0 Å². The predicted molar refractivity (Wildman–Crippen MR) is 98.8 cm³/mol. The molecule has 0 saturated carbocycles. The van der Waals surface area contributed by atoms with Crippen LogP contribution in [0, 0.1) is 0 Å². The Balaban J connectivity index is 2.17. The molecule has 1 aliphatic heterocycles. The number of nitrogens with zero attached hydrogens (tertiary/aromatic N) is 1. The predicted octanol–water partition coefficient (Wildman–Crippen LogP) is 2.23. The van der Waals surface area contributed by atoms with Gasteiger partial charge in [0.2, 0.25) is 10.0 Å². The minimum Gasteiger partial charge on any atom is -0.385 e. The summed E-state index contributed by atoms with van der Waals surface area (Å²) >= 11 is 0. The van der Waals surface area contributed by atoms with E-state index in [0.29, 0.717) is 19.6 Å². The highest BCUT2D eigenvalue weighted by atomic mass is 32.2. The second kappa shape index (κ2) is 8.14. The minimum absolute atomic E-state index is 0.0605. The molecule has 0 aliphatic carbocycles. The number of nitrogens with one attached hydrogen (secondary N) is 1. The summed E-state index contributed by atoms with van der Waals surface area (Å²) in [6.45, 7) is 7.52. The number of hydroxylamine groups is 2. The monoisotopic (exact) mass is 370 g/mol. The van der Waals surface area contributed by atoms with Crippen molar-refractivity contribution in [3.05, 3.63) is 35.4 Å². The minimum atomic E-state index is -3.48. The molecule has 0 aromatic heterocycles. The molecule has 0 radical (unpaired) electrons. The van der Waals surface area contributed by atoms with Gasteiger partial charge >= 0.3 is 0 Å². The van der Waals surface area contributed by atoms with E-state index in [1.54, 1.807) is 19.2 Å². The SMILES string of the molecule is COCCCNS(=O)(=O)[C@H]1CON(C)[C@H]1c1ccc(C(C)(C)C)cc1. The molecule has 2 atom stereocenters. The Morgan fingerprint density at radius 2 is 1.92 bits per heavy atom. The van der Waals surface area contributed by atoms with Crippen molar-refractivity contribution in [1.29, 1.82) is 0 Å². The van der Waals surface area contributed by atoms with E-state index in [4.69, 9.17) is 9.57 Å². The molecular weight excluding hydrogens is 340 g/mol. The first-order valence-electron chi connectivity index (χ1n) is 8.60. The van der Waals surface area contributed by atoms with Crippen molar-refractivity contribution in [1.82, 2.24) is 9.79 Å². The lowest BCUT2D eigenvalue weighted by Gasteiger charge is -2.25. The molecular formula is C18H30N2O4S. The van der Waals surface area contributed by atoms with Gasteiger partial charge in [-0.1, -0.05) is 45.0 Å². The molecule has 0 unspecified atom stereocenters. The fourth-order valence-corrected chi connectivity index (χ4v) is 4.55. The van der Waals surface area contributed by atoms with Crippen LogP contribution in [0.1, 0.15) is 44.4 Å². The third kappa shape index (κ3) is 5.01. The number of benzene rings is 1. The Kier molecular flexibility index (Phi) is 6.62. The number of sulfonamides is 1. The molecule has 25 heavy (non-hydrogen) atoms. The average Bonchev–Trinajstić information content (AvgIpc) is 2.93. The van der Waals surface area contributed by atoms with Gasteiger partial charge in [0.05, 0.1) is 12.6 Å². The zero-order chi connectivity index (χ0) is 18.7. The molecule has 1 aromatic carbocycles. The summed E-state index contributed by atoms with van der Waals surface area (Å²) in [7, 11) is -0.0982. The van der Waals surface area contributed by atoms with Crippen molar-refractivity contribution in [2.45, 2.75) is 43.9 Å². The van der Waals surface area contributed by atoms with Crippen LogP contribution < -0.4 is 4.72 Å². The van der Waals surface area contributed by atoms with Gasteiger partial charge in [0.25, 0.3) is 0 Å². The van der Waals surface area contributed by atoms with E-state index >= 15 is 0 Å². The van der Waals surface area contributed by atoms with Crippen molar-refractivity contribution in [2.24, 2.45) is 0 Å². The summed E-state index contributed by atoms with van der Waals surface area (Å²) in [6, 6.07) is 7.82. The van der Waals surface area contributed by atoms with Gasteiger partial charge in [-0.25, -0.2) is 13.1 Å². The quantitative estimate of drug-likeness (QED) is 0.746. The van der Waals surface area contributed by atoms with E-state index in [1.807, 2.05) is 12.1 Å². The number of hydrogen-bond acceptors (Lipinski definition) is 5. The van der Waals surface area contributed by atoms with Crippen LogP contribution in [0.3, 0.4) is 0 Å². The Hall–Kier alpha value is -0.990. The first-order valence-corrected chi connectivity index (χ1v) is 10.1. The fraction of sp³-hybridized carbons (Fsp3) is 0.667. The third-order valence-corrected chi connectivity index (χ3v) is 6.33. The van der Waals surface area contributed by atoms with E-state index in [1.165, 1.54) is 5.56 Å². The van der Waals surface area contributed by atoms with Gasteiger partial charge in [-0.2, -0.15) is 5.06 Å². The maximum Gasteiger partial charge on any atom is 0.218 e. The molecule has 7 heteroatoms. The molecule has 1 fully saturated rings. The van der Waals surface area contributed by atoms with Gasteiger partial charge in [-0.15, -0.1) is 0 Å². The standard InChI is InChI=1S/C18H30N2O4S/c1-18(2,3)15-9-7-14(8-10-15)17-16(13-24-20(17)4)25(21,22)19-11-6-12-23-5/h7-10,16-17,19H,6,11-13H2,1-5H3/t16-,17-/m0/s1. The Labute approximate surface area is 151 Å². The van der Waals surface area contributed by atoms with Crippen LogP contribution in [-0.2, 0) is 25.0 Å². The zero-order valence-corrected chi connectivity index (χ0v) is 16.6. The van der Waals surface area contributed by atoms with Crippen molar-refractivity contribution in [3.63, 3.8) is 0 Å². The summed E-state index contributed by atoms with van der Waals surface area (Å²) in [4.78, 5) is 5.53. The van der Waals surface area contributed by atoms with Crippen molar-refractivity contribution >= 4 is 10.0 Å². The first kappa shape index (κ1) is 20.3. The van der Waals surface area contributed by atoms with E-state index in [0.717, 1.165) is 5.56 Å². The molecule has 1 heterocycles. The number of rotatable bonds is 7. The second-order valence-electron chi connectivity index (χ2n) is 7.48. The average molecular weight is 371 g/mol. The summed E-state index contributed by atoms with van der Waals surface area (Å²) in [5, 5.41) is 1.01. The van der Waals surface area contributed by atoms with Gasteiger partial charge in [0.1, 0.15) is 5.25 Å². The molecule has 1 N–H and O–H groups in total. The van der Waals surface area contributed by atoms with Gasteiger partial charge in [-0.3, -0.25) is 4.84 Å². The van der Waals surface area contributed by atoms with E-state index < -0.39 is 15.3 Å². The zero-order valence-electron chi connectivity index (χ0n) is 15.8. The van der Waals surface area contributed by atoms with Crippen LogP contribution >= 0.6 is 0 Å². The highest BCUT2D eigenvalue weighted by molar-refractivity contribution is 7.90. The van der Waals surface area contributed by atoms with Crippen LogP contribution in [0.5, 0.6) is 0 Å². The van der Waals surface area contributed by atoms with Crippen LogP contribution in [0.2, 0.25) is 0 Å². The van der Waals surface area contributed by atoms with Crippen molar-refractivity contribution in [2.75, 3.05) is 33.9 Å². The largest absolute Gasteiger partial charge is 0.385 e. The Bertz CT molecular complexity index is 653. The molecule has 1 saturated heterocycles. The molecule has 2 rings (SSSR count). The Morgan fingerprint density at radius 1 is 1.28 bits per heavy atom. The lowest BCUT2D eigenvalue weighted by atomic mass is 9.86. The molecule has 0 amide bonds. The van der Waals surface area contributed by atoms with E-state index in [-0.39, 0.29) is 18.1 Å². The molecule has 142 valence electrons. The highest BCUT2D eigenvalue weighted by Gasteiger charge is 2.43. The van der Waals surface area contributed by atoms with Gasteiger partial charge < -0.3 is 4.74 Å². The third-order valence-electron chi connectivity index (χ3n) is 4.53. The number of hydrogen-bond donors (Lipinski definition) is 1. The lowest BCUT2D eigenvalue weighted by molar-refractivity contribution is -0.110. The fourth-order valence-electron chi connectivity index (χ4n) is 3.00. The normalized spacial score (nSPS) is 22.4. The first-order chi connectivity index (χ1) is 11.7. The topological polar surface area (TPSA) is 67.9 Å². The maximum atomic E-state index is 12.7. The van der Waals surface area contributed by atoms with E-state index in [9.17, 15) is 8.42 Å². The summed E-state index contributed by atoms with van der Waals surface area (Å²) < 4.78 is 33.0. The maximum absolute atomic E-state index is 12.7. The molecule has 6 nitrogen and oxygen atoms in total. The summed E-state index contributed by atoms with van der Waals surface area (Å²) in [6.07, 6.45) is 0.643. The van der Waals surface area contributed by atoms with Gasteiger partial charge in [0.15, 0.2) is 0 Å². The number of ether oxygens (including phenoxy) is 1. The summed E-state index contributed by atoms with van der Waals surface area (Å²) in [5.41, 5.74) is 2.22. The van der Waals surface area contributed by atoms with Gasteiger partial charge in [-0.05, 0) is 23.0 Å². The van der Waals surface area contributed by atoms with Crippen LogP contribution in [0.4, 0.5) is 0 Å².